The molecule has 0 bridgehead atoms. The smallest absolute Gasteiger partial charge is 0.208 e. The van der Waals surface area contributed by atoms with Crippen molar-refractivity contribution >= 4 is 0 Å². The van der Waals surface area contributed by atoms with Gasteiger partial charge in [-0.3, -0.25) is 0 Å². The van der Waals surface area contributed by atoms with E-state index in [1.165, 1.54) is 38.5 Å². The van der Waals surface area contributed by atoms with Crippen LogP contribution in [0, 0.1) is 54.0 Å². The van der Waals surface area contributed by atoms with Crippen LogP contribution in [-0.4, -0.2) is 21.9 Å². The van der Waals surface area contributed by atoms with Crippen molar-refractivity contribution in [1.29, 1.82) is 0 Å². The van der Waals surface area contributed by atoms with Gasteiger partial charge in [-0.25, -0.2) is 0 Å². The molecule has 166 valence electrons. The normalized spacial score (nSPS) is 36.3. The molecule has 1 aliphatic heterocycles. The van der Waals surface area contributed by atoms with Crippen LogP contribution >= 0.6 is 0 Å². The lowest BCUT2D eigenvalue weighted by Gasteiger charge is -2.49. The molecule has 2 radical (unpaired) electrons. The molecule has 0 aromatic carbocycles. The first-order chi connectivity index (χ1) is 13.7. The van der Waals surface area contributed by atoms with E-state index in [4.69, 9.17) is 0 Å². The molecule has 2 nitrogen and oxygen atoms in total. The predicted molar refractivity (Wildman–Crippen MR) is 125 cm³/mol. The van der Waals surface area contributed by atoms with Crippen LogP contribution in [0.1, 0.15) is 93.9 Å². The quantitative estimate of drug-likeness (QED) is 0.462. The summed E-state index contributed by atoms with van der Waals surface area (Å²) >= 11 is 0. The lowest BCUT2D eigenvalue weighted by Crippen LogP contribution is -2.51. The highest BCUT2D eigenvalue weighted by Gasteiger charge is 2.45. The van der Waals surface area contributed by atoms with Crippen molar-refractivity contribution in [1.82, 2.24) is 9.80 Å². The Kier molecular flexibility index (Phi) is 7.66. The maximum atomic E-state index is 3.93. The van der Waals surface area contributed by atoms with Crippen molar-refractivity contribution in [2.24, 2.45) is 47.3 Å². The van der Waals surface area contributed by atoms with Crippen molar-refractivity contribution in [2.75, 3.05) is 0 Å². The van der Waals surface area contributed by atoms with E-state index in [9.17, 15) is 0 Å². The van der Waals surface area contributed by atoms with Gasteiger partial charge in [0.25, 0.3) is 0 Å². The SMILES string of the molecule is CC(C)C1CCCC(C(C)C)C1N1[C]N(C2C(C(C)C)CCCC2C(C)C)C=C1. The first-order valence-corrected chi connectivity index (χ1v) is 12.7. The Bertz CT molecular complexity index is 457. The third kappa shape index (κ3) is 4.82. The average molecular weight is 401 g/mol. The Labute approximate surface area is 182 Å². The molecule has 2 aliphatic carbocycles. The Morgan fingerprint density at radius 3 is 1.07 bits per heavy atom. The second-order valence-corrected chi connectivity index (χ2v) is 11.7. The second kappa shape index (κ2) is 9.65. The van der Waals surface area contributed by atoms with Crippen LogP contribution in [0.5, 0.6) is 0 Å². The van der Waals surface area contributed by atoms with Gasteiger partial charge in [0.05, 0.1) is 0 Å². The minimum atomic E-state index is 0.614. The topological polar surface area (TPSA) is 6.48 Å². The predicted octanol–water partition coefficient (Wildman–Crippen LogP) is 7.27. The van der Waals surface area contributed by atoms with Crippen LogP contribution in [0.4, 0.5) is 0 Å². The van der Waals surface area contributed by atoms with E-state index in [0.29, 0.717) is 12.1 Å². The fraction of sp³-hybridized carbons (Fsp3) is 0.889. The van der Waals surface area contributed by atoms with Crippen LogP contribution in [0.2, 0.25) is 0 Å². The van der Waals surface area contributed by atoms with Gasteiger partial charge in [0.2, 0.25) is 6.67 Å². The third-order valence-corrected chi connectivity index (χ3v) is 8.59. The Morgan fingerprint density at radius 2 is 0.828 bits per heavy atom. The minimum Gasteiger partial charge on any atom is -0.343 e. The number of hydrogen-bond acceptors (Lipinski definition) is 2. The maximum absolute atomic E-state index is 3.93. The van der Waals surface area contributed by atoms with E-state index in [-0.39, 0.29) is 0 Å². The first kappa shape index (κ1) is 23.0. The van der Waals surface area contributed by atoms with Crippen LogP contribution < -0.4 is 0 Å². The van der Waals surface area contributed by atoms with E-state index in [1.807, 2.05) is 0 Å². The van der Waals surface area contributed by atoms with E-state index >= 15 is 0 Å². The zero-order chi connectivity index (χ0) is 21.3. The summed E-state index contributed by atoms with van der Waals surface area (Å²) in [5, 5.41) is 0. The van der Waals surface area contributed by atoms with Crippen molar-refractivity contribution in [3.63, 3.8) is 0 Å². The third-order valence-electron chi connectivity index (χ3n) is 8.59. The van der Waals surface area contributed by atoms with Crippen molar-refractivity contribution in [2.45, 2.75) is 106 Å². The number of nitrogens with zero attached hydrogens (tertiary/aromatic N) is 2. The van der Waals surface area contributed by atoms with E-state index < -0.39 is 0 Å². The summed E-state index contributed by atoms with van der Waals surface area (Å²) in [5.41, 5.74) is 0. The van der Waals surface area contributed by atoms with Crippen molar-refractivity contribution in [3.05, 3.63) is 19.1 Å². The Balaban J connectivity index is 1.81. The van der Waals surface area contributed by atoms with Crippen LogP contribution in [-0.2, 0) is 0 Å². The highest BCUT2D eigenvalue weighted by Crippen LogP contribution is 2.45. The zero-order valence-electron chi connectivity index (χ0n) is 20.6. The monoisotopic (exact) mass is 400 g/mol. The highest BCUT2D eigenvalue weighted by atomic mass is 15.4. The molecule has 0 aromatic rings. The fourth-order valence-electron chi connectivity index (χ4n) is 6.91. The summed E-state index contributed by atoms with van der Waals surface area (Å²) < 4.78 is 0. The molecule has 2 fully saturated rings. The summed E-state index contributed by atoms with van der Waals surface area (Å²) in [6, 6.07) is 1.23. The Morgan fingerprint density at radius 1 is 0.552 bits per heavy atom. The number of hydrogen-bond donors (Lipinski definition) is 0. The zero-order valence-corrected chi connectivity index (χ0v) is 20.6. The standard InChI is InChI=1S/C27H48N2/c1-18(2)22-11-9-12-23(19(3)4)26(22)28-15-16-29(17-28)27-24(20(5)6)13-10-14-25(27)21(7)8/h15-16,18-27H,9-14H2,1-8H3. The van der Waals surface area contributed by atoms with Crippen LogP contribution in [0.15, 0.2) is 12.4 Å². The lowest BCUT2D eigenvalue weighted by atomic mass is 9.67. The molecule has 0 saturated heterocycles. The molecular formula is C27H48N2. The highest BCUT2D eigenvalue weighted by molar-refractivity contribution is 5.09. The number of rotatable bonds is 6. The first-order valence-electron chi connectivity index (χ1n) is 12.7. The summed E-state index contributed by atoms with van der Waals surface area (Å²) in [6.07, 6.45) is 13.1. The molecule has 0 amide bonds. The molecule has 0 spiro atoms. The minimum absolute atomic E-state index is 0.614. The molecule has 3 aliphatic rings. The molecule has 3 rings (SSSR count). The summed E-state index contributed by atoms with van der Waals surface area (Å²) in [5.74, 6) is 6.09. The molecule has 29 heavy (non-hydrogen) atoms. The van der Waals surface area contributed by atoms with Crippen LogP contribution in [0.25, 0.3) is 0 Å². The molecule has 4 unspecified atom stereocenters. The lowest BCUT2D eigenvalue weighted by molar-refractivity contribution is 0.0206. The summed E-state index contributed by atoms with van der Waals surface area (Å²) in [7, 11) is 0. The molecule has 0 aromatic heterocycles. The van der Waals surface area contributed by atoms with Gasteiger partial charge in [-0.05, 0) is 73.0 Å². The van der Waals surface area contributed by atoms with E-state index in [2.05, 4.69) is 84.3 Å². The molecular weight excluding hydrogens is 352 g/mol. The summed E-state index contributed by atoms with van der Waals surface area (Å²) in [6.45, 7) is 23.4. The molecule has 2 saturated carbocycles. The van der Waals surface area contributed by atoms with E-state index in [0.717, 1.165) is 47.3 Å². The Hall–Kier alpha value is -0.660. The largest absolute Gasteiger partial charge is 0.343 e. The van der Waals surface area contributed by atoms with Gasteiger partial charge in [0, 0.05) is 24.5 Å². The molecule has 0 N–H and O–H groups in total. The van der Waals surface area contributed by atoms with E-state index in [1.54, 1.807) is 0 Å². The van der Waals surface area contributed by atoms with Crippen LogP contribution in [0.3, 0.4) is 0 Å². The van der Waals surface area contributed by atoms with Crippen molar-refractivity contribution in [3.8, 4) is 0 Å². The average Bonchev–Trinajstić information content (AvgIpc) is 3.15. The van der Waals surface area contributed by atoms with Gasteiger partial charge in [-0.15, -0.1) is 0 Å². The summed E-state index contributed by atoms with van der Waals surface area (Å²) in [4.78, 5) is 5.05. The molecule has 1 heterocycles. The van der Waals surface area contributed by atoms with Gasteiger partial charge in [-0.1, -0.05) is 68.2 Å². The van der Waals surface area contributed by atoms with Gasteiger partial charge in [0.15, 0.2) is 0 Å². The van der Waals surface area contributed by atoms with Gasteiger partial charge >= 0.3 is 0 Å². The second-order valence-electron chi connectivity index (χ2n) is 11.7. The molecule has 2 heteroatoms. The molecule has 4 atom stereocenters. The fourth-order valence-corrected chi connectivity index (χ4v) is 6.91. The van der Waals surface area contributed by atoms with Crippen molar-refractivity contribution < 1.29 is 0 Å². The van der Waals surface area contributed by atoms with Gasteiger partial charge in [-0.2, -0.15) is 0 Å². The van der Waals surface area contributed by atoms with Gasteiger partial charge in [0.1, 0.15) is 0 Å². The van der Waals surface area contributed by atoms with Gasteiger partial charge < -0.3 is 9.80 Å². The maximum Gasteiger partial charge on any atom is 0.208 e.